The minimum absolute atomic E-state index is 0.0360. The van der Waals surface area contributed by atoms with Crippen molar-refractivity contribution in [3.63, 3.8) is 0 Å². The zero-order valence-electron chi connectivity index (χ0n) is 35.2. The second-order valence-electron chi connectivity index (χ2n) is 16.6. The Morgan fingerprint density at radius 2 is 0.761 bits per heavy atom. The number of nitrogens with zero attached hydrogens (tertiary/aromatic N) is 2. The fraction of sp³-hybridized carbons (Fsp3) is 0. The highest BCUT2D eigenvalue weighted by atomic mass is 32.1. The summed E-state index contributed by atoms with van der Waals surface area (Å²) in [7, 11) is 1.39. The van der Waals surface area contributed by atoms with E-state index in [1.54, 1.807) is 47.7 Å². The van der Waals surface area contributed by atoms with Crippen molar-refractivity contribution in [1.29, 1.82) is 0 Å². The van der Waals surface area contributed by atoms with E-state index in [0.717, 1.165) is 53.6 Å². The van der Waals surface area contributed by atoms with E-state index in [0.29, 0.717) is 11.4 Å². The predicted molar refractivity (Wildman–Crippen MR) is 267 cm³/mol. The molecule has 9 aromatic carbocycles. The van der Waals surface area contributed by atoms with Crippen molar-refractivity contribution in [3.05, 3.63) is 146 Å². The summed E-state index contributed by atoms with van der Waals surface area (Å²) in [6.45, 7) is 0. The van der Waals surface area contributed by atoms with Crippen molar-refractivity contribution >= 4 is 88.4 Å². The maximum Gasteiger partial charge on any atom is 0.206 e. The van der Waals surface area contributed by atoms with Crippen LogP contribution in [0.2, 0.25) is 0 Å². The Labute approximate surface area is 384 Å². The van der Waals surface area contributed by atoms with E-state index < -0.39 is 51.7 Å². The summed E-state index contributed by atoms with van der Waals surface area (Å²) in [6.07, 6.45) is 0. The number of rotatable bonds is 5. The number of benzene rings is 9. The van der Waals surface area contributed by atoms with Crippen molar-refractivity contribution in [2.75, 3.05) is 0 Å². The highest BCUT2D eigenvalue weighted by Crippen LogP contribution is 2.59. The zero-order valence-corrected chi connectivity index (χ0v) is 36.0. The normalized spacial score (nSPS) is 11.9. The molecule has 0 atom stereocenters. The molecule has 0 unspecified atom stereocenters. The third-order valence-corrected chi connectivity index (χ3v) is 14.3. The summed E-state index contributed by atoms with van der Waals surface area (Å²) in [6, 6.07) is 46.3. The lowest BCUT2D eigenvalue weighted by molar-refractivity contribution is 0.350. The van der Waals surface area contributed by atoms with Gasteiger partial charge in [-0.3, -0.25) is 0 Å². The standard InChI is InChI=1S/C54H35BN2O9S/c55-39-44(58)37-35-36-38-43(50(64)52(66)51(65)45(38)59)56(29-22-20-26(21-23-29)25-10-3-1-4-11-25)40(36)48(62)49(63)41(35)57(42(37)47(61)46(39)60)30-15-7-14-28(24-30)32-17-9-19-34-33-18-8-16-31(53(33)67-54(32)34)27-12-5-2-6-13-27/h1-24,58-66H,55H2. The minimum Gasteiger partial charge on any atom is -0.508 e. The number of fused-ring (bicyclic) bond motifs is 10. The highest BCUT2D eigenvalue weighted by Gasteiger charge is 2.35. The molecule has 0 saturated carbocycles. The Morgan fingerprint density at radius 1 is 0.328 bits per heavy atom. The first-order chi connectivity index (χ1) is 32.5. The SMILES string of the molecule is Bc1c(O)c(O)c2c(c1O)c1c3c4c(O)c(O)c(O)c(O)c4n(-c4ccc(-c5ccccc5)cc4)c3c(O)c(O)c1n2-c1cccc(-c2cccc3c2sc2c(-c4ccccc4)cccc23)c1. The number of aromatic hydroxyl groups is 9. The molecule has 11 nitrogen and oxygen atoms in total. The molecule has 13 heteroatoms. The maximum absolute atomic E-state index is 12.5. The molecule has 0 saturated heterocycles. The van der Waals surface area contributed by atoms with Gasteiger partial charge in [-0.05, 0) is 63.1 Å². The molecule has 0 fully saturated rings. The summed E-state index contributed by atoms with van der Waals surface area (Å²) in [5.74, 6) is -7.11. The van der Waals surface area contributed by atoms with Crippen molar-refractivity contribution in [2.45, 2.75) is 0 Å². The van der Waals surface area contributed by atoms with E-state index in [-0.39, 0.29) is 49.1 Å². The Kier molecular flexibility index (Phi) is 8.45. The largest absolute Gasteiger partial charge is 0.508 e. The van der Waals surface area contributed by atoms with E-state index in [1.807, 2.05) is 72.8 Å². The van der Waals surface area contributed by atoms with Crippen LogP contribution >= 0.6 is 11.3 Å². The maximum atomic E-state index is 12.5. The predicted octanol–water partition coefficient (Wildman–Crippen LogP) is 10.9. The van der Waals surface area contributed by atoms with Gasteiger partial charge < -0.3 is 55.1 Å². The topological polar surface area (TPSA) is 192 Å². The summed E-state index contributed by atoms with van der Waals surface area (Å²) in [5.41, 5.74) is 5.31. The van der Waals surface area contributed by atoms with Crippen molar-refractivity contribution in [1.82, 2.24) is 9.13 Å². The van der Waals surface area contributed by atoms with Gasteiger partial charge in [-0.2, -0.15) is 0 Å². The summed E-state index contributed by atoms with van der Waals surface area (Å²) in [5, 5.41) is 107. The fourth-order valence-electron chi connectivity index (χ4n) is 9.91. The number of hydrogen-bond acceptors (Lipinski definition) is 10. The van der Waals surface area contributed by atoms with Crippen LogP contribution in [0, 0.1) is 0 Å². The number of phenolic OH excluding ortho intramolecular Hbond substituents is 9. The molecule has 324 valence electrons. The molecule has 0 amide bonds. The Hall–Kier alpha value is -8.94. The molecule has 0 aliphatic carbocycles. The molecule has 12 aromatic rings. The van der Waals surface area contributed by atoms with Gasteiger partial charge in [0, 0.05) is 42.3 Å². The van der Waals surface area contributed by atoms with E-state index in [4.69, 9.17) is 0 Å². The van der Waals surface area contributed by atoms with E-state index in [1.165, 1.54) is 17.0 Å². The monoisotopic (exact) mass is 898 g/mol. The molecule has 12 rings (SSSR count). The van der Waals surface area contributed by atoms with Gasteiger partial charge >= 0.3 is 0 Å². The molecular weight excluding hydrogens is 863 g/mol. The third-order valence-electron chi connectivity index (χ3n) is 13.1. The van der Waals surface area contributed by atoms with E-state index >= 15 is 0 Å². The van der Waals surface area contributed by atoms with Gasteiger partial charge in [0.05, 0.1) is 10.8 Å². The van der Waals surface area contributed by atoms with Crippen LogP contribution in [0.3, 0.4) is 0 Å². The van der Waals surface area contributed by atoms with Crippen LogP contribution in [-0.2, 0) is 0 Å². The molecule has 0 radical (unpaired) electrons. The molecular formula is C54H35BN2O9S. The smallest absolute Gasteiger partial charge is 0.206 e. The molecule has 9 N–H and O–H groups in total. The van der Waals surface area contributed by atoms with Crippen LogP contribution in [0.25, 0.3) is 109 Å². The van der Waals surface area contributed by atoms with Gasteiger partial charge in [-0.1, -0.05) is 121 Å². The van der Waals surface area contributed by atoms with Crippen LogP contribution < -0.4 is 5.46 Å². The molecule has 67 heavy (non-hydrogen) atoms. The molecule has 3 aromatic heterocycles. The lowest BCUT2D eigenvalue weighted by Crippen LogP contribution is -2.05. The molecule has 3 heterocycles. The minimum atomic E-state index is -1.06. The second kappa shape index (κ2) is 14.3. The Morgan fingerprint density at radius 3 is 1.36 bits per heavy atom. The second-order valence-corrected chi connectivity index (χ2v) is 17.6. The number of hydrogen-bond donors (Lipinski definition) is 9. The van der Waals surface area contributed by atoms with Crippen molar-refractivity contribution < 1.29 is 46.0 Å². The van der Waals surface area contributed by atoms with Crippen LogP contribution in [0.5, 0.6) is 51.7 Å². The van der Waals surface area contributed by atoms with Gasteiger partial charge in [0.2, 0.25) is 11.5 Å². The van der Waals surface area contributed by atoms with Crippen LogP contribution in [-0.4, -0.2) is 62.9 Å². The Bertz CT molecular complexity index is 4090. The molecule has 0 aliphatic rings. The fourth-order valence-corrected chi connectivity index (χ4v) is 11.3. The average molecular weight is 899 g/mol. The number of aromatic nitrogens is 2. The van der Waals surface area contributed by atoms with Gasteiger partial charge in [0.15, 0.2) is 34.5 Å². The number of phenols is 9. The van der Waals surface area contributed by atoms with Crippen LogP contribution in [0.1, 0.15) is 0 Å². The van der Waals surface area contributed by atoms with Crippen molar-refractivity contribution in [3.8, 4) is 96.5 Å². The highest BCUT2D eigenvalue weighted by molar-refractivity contribution is 7.26. The van der Waals surface area contributed by atoms with Crippen LogP contribution in [0.4, 0.5) is 0 Å². The lowest BCUT2D eigenvalue weighted by Gasteiger charge is -2.15. The Balaban J connectivity index is 1.19. The summed E-state index contributed by atoms with van der Waals surface area (Å²) >= 11 is 1.66. The van der Waals surface area contributed by atoms with Gasteiger partial charge in [-0.15, -0.1) is 11.3 Å². The quantitative estimate of drug-likeness (QED) is 0.0459. The third kappa shape index (κ3) is 5.40. The first-order valence-electron chi connectivity index (χ1n) is 21.2. The number of thiophene rings is 1. The lowest BCUT2D eigenvalue weighted by atomic mass is 9.90. The van der Waals surface area contributed by atoms with Crippen molar-refractivity contribution in [2.24, 2.45) is 0 Å². The van der Waals surface area contributed by atoms with E-state index in [9.17, 15) is 46.0 Å². The van der Waals surface area contributed by atoms with E-state index in [2.05, 4.69) is 36.4 Å². The summed E-state index contributed by atoms with van der Waals surface area (Å²) < 4.78 is 4.86. The molecule has 0 bridgehead atoms. The van der Waals surface area contributed by atoms with Crippen LogP contribution in [0.15, 0.2) is 146 Å². The van der Waals surface area contributed by atoms with Gasteiger partial charge in [-0.25, -0.2) is 0 Å². The van der Waals surface area contributed by atoms with Gasteiger partial charge in [0.25, 0.3) is 0 Å². The first-order valence-corrected chi connectivity index (χ1v) is 22.0. The molecule has 0 spiro atoms. The molecule has 0 aliphatic heterocycles. The summed E-state index contributed by atoms with van der Waals surface area (Å²) in [4.78, 5) is 0. The van der Waals surface area contributed by atoms with Gasteiger partial charge in [0.1, 0.15) is 35.7 Å². The average Bonchev–Trinajstić information content (AvgIpc) is 4.05. The zero-order chi connectivity index (χ0) is 46.2. The first kappa shape index (κ1) is 39.6.